The van der Waals surface area contributed by atoms with E-state index in [4.69, 9.17) is 5.11 Å². The second-order valence-corrected chi connectivity index (χ2v) is 4.01. The third-order valence-corrected chi connectivity index (χ3v) is 3.09. The SMILES string of the molecule is CN1c2ccccc2NCCC1CCO. The Morgan fingerprint density at radius 3 is 3.07 bits per heavy atom. The van der Waals surface area contributed by atoms with Crippen molar-refractivity contribution >= 4 is 11.4 Å². The topological polar surface area (TPSA) is 35.5 Å². The Hall–Kier alpha value is -1.22. The van der Waals surface area contributed by atoms with Crippen LogP contribution in [0.25, 0.3) is 0 Å². The molecule has 82 valence electrons. The van der Waals surface area contributed by atoms with Crippen molar-refractivity contribution in [3.63, 3.8) is 0 Å². The molecule has 0 amide bonds. The molecule has 1 unspecified atom stereocenters. The largest absolute Gasteiger partial charge is 0.396 e. The zero-order valence-corrected chi connectivity index (χ0v) is 9.11. The smallest absolute Gasteiger partial charge is 0.0601 e. The lowest BCUT2D eigenvalue weighted by Gasteiger charge is -2.28. The molecule has 0 fully saturated rings. The third-order valence-electron chi connectivity index (χ3n) is 3.09. The summed E-state index contributed by atoms with van der Waals surface area (Å²) in [6.07, 6.45) is 1.91. The molecule has 0 spiro atoms. The van der Waals surface area contributed by atoms with Crippen LogP contribution in [0.5, 0.6) is 0 Å². The maximum absolute atomic E-state index is 9.03. The van der Waals surface area contributed by atoms with Gasteiger partial charge in [-0.25, -0.2) is 0 Å². The van der Waals surface area contributed by atoms with Crippen LogP contribution in [0.3, 0.4) is 0 Å². The minimum Gasteiger partial charge on any atom is -0.396 e. The number of nitrogens with zero attached hydrogens (tertiary/aromatic N) is 1. The highest BCUT2D eigenvalue weighted by Gasteiger charge is 2.19. The van der Waals surface area contributed by atoms with E-state index < -0.39 is 0 Å². The summed E-state index contributed by atoms with van der Waals surface area (Å²) in [4.78, 5) is 2.27. The summed E-state index contributed by atoms with van der Waals surface area (Å²) in [6.45, 7) is 1.24. The number of nitrogens with one attached hydrogen (secondary N) is 1. The highest BCUT2D eigenvalue weighted by Crippen LogP contribution is 2.30. The first kappa shape index (κ1) is 10.3. The van der Waals surface area contributed by atoms with Crippen molar-refractivity contribution in [2.75, 3.05) is 30.4 Å². The number of aliphatic hydroxyl groups excluding tert-OH is 1. The first-order valence-corrected chi connectivity index (χ1v) is 5.49. The molecular weight excluding hydrogens is 188 g/mol. The number of aliphatic hydroxyl groups is 1. The maximum Gasteiger partial charge on any atom is 0.0601 e. The first-order valence-electron chi connectivity index (χ1n) is 5.49. The highest BCUT2D eigenvalue weighted by atomic mass is 16.3. The first-order chi connectivity index (χ1) is 7.33. The van der Waals surface area contributed by atoms with Crippen LogP contribution in [0.1, 0.15) is 12.8 Å². The molecule has 15 heavy (non-hydrogen) atoms. The molecule has 0 aliphatic carbocycles. The van der Waals surface area contributed by atoms with E-state index in [1.165, 1.54) is 11.4 Å². The molecule has 3 nitrogen and oxygen atoms in total. The van der Waals surface area contributed by atoms with Gasteiger partial charge >= 0.3 is 0 Å². The zero-order valence-electron chi connectivity index (χ0n) is 9.11. The monoisotopic (exact) mass is 206 g/mol. The van der Waals surface area contributed by atoms with Gasteiger partial charge < -0.3 is 15.3 Å². The van der Waals surface area contributed by atoms with E-state index >= 15 is 0 Å². The number of hydrogen-bond donors (Lipinski definition) is 2. The lowest BCUT2D eigenvalue weighted by atomic mass is 10.1. The quantitative estimate of drug-likeness (QED) is 0.773. The second-order valence-electron chi connectivity index (χ2n) is 4.01. The molecule has 0 saturated carbocycles. The minimum atomic E-state index is 0.261. The molecule has 1 aromatic rings. The summed E-state index contributed by atoms with van der Waals surface area (Å²) < 4.78 is 0. The van der Waals surface area contributed by atoms with Crippen LogP contribution in [0.4, 0.5) is 11.4 Å². The Kier molecular flexibility index (Phi) is 3.11. The van der Waals surface area contributed by atoms with Crippen molar-refractivity contribution in [1.82, 2.24) is 0 Å². The van der Waals surface area contributed by atoms with E-state index in [0.717, 1.165) is 19.4 Å². The molecule has 1 aliphatic rings. The molecule has 0 aromatic heterocycles. The van der Waals surface area contributed by atoms with Crippen molar-refractivity contribution in [2.24, 2.45) is 0 Å². The molecule has 2 N–H and O–H groups in total. The summed E-state index contributed by atoms with van der Waals surface area (Å²) in [5.74, 6) is 0. The van der Waals surface area contributed by atoms with E-state index in [9.17, 15) is 0 Å². The predicted octanol–water partition coefficient (Wildman–Crippen LogP) is 1.69. The number of benzene rings is 1. The van der Waals surface area contributed by atoms with Gasteiger partial charge in [-0.1, -0.05) is 12.1 Å². The molecule has 0 saturated heterocycles. The molecule has 1 aliphatic heterocycles. The van der Waals surface area contributed by atoms with Crippen molar-refractivity contribution in [3.05, 3.63) is 24.3 Å². The highest BCUT2D eigenvalue weighted by molar-refractivity contribution is 5.70. The fraction of sp³-hybridized carbons (Fsp3) is 0.500. The van der Waals surface area contributed by atoms with Gasteiger partial charge in [-0.3, -0.25) is 0 Å². The molecule has 3 heteroatoms. The van der Waals surface area contributed by atoms with Gasteiger partial charge in [0.2, 0.25) is 0 Å². The maximum atomic E-state index is 9.03. The average molecular weight is 206 g/mol. The van der Waals surface area contributed by atoms with E-state index in [-0.39, 0.29) is 6.61 Å². The Labute approximate surface area is 90.7 Å². The fourth-order valence-corrected chi connectivity index (χ4v) is 2.18. The molecule has 1 atom stereocenters. The van der Waals surface area contributed by atoms with Crippen LogP contribution in [0.2, 0.25) is 0 Å². The van der Waals surface area contributed by atoms with Crippen LogP contribution in [0, 0.1) is 0 Å². The van der Waals surface area contributed by atoms with Gasteiger partial charge in [-0.15, -0.1) is 0 Å². The van der Waals surface area contributed by atoms with Crippen LogP contribution in [0.15, 0.2) is 24.3 Å². The normalized spacial score (nSPS) is 20.4. The minimum absolute atomic E-state index is 0.261. The molecule has 1 heterocycles. The van der Waals surface area contributed by atoms with Crippen LogP contribution in [-0.4, -0.2) is 31.3 Å². The Morgan fingerprint density at radius 2 is 2.27 bits per heavy atom. The Balaban J connectivity index is 2.26. The van der Waals surface area contributed by atoms with Gasteiger partial charge in [-0.2, -0.15) is 0 Å². The Bertz CT molecular complexity index is 327. The summed E-state index contributed by atoms with van der Waals surface area (Å²) >= 11 is 0. The molecule has 2 rings (SSSR count). The molecular formula is C12H18N2O. The van der Waals surface area contributed by atoms with Gasteiger partial charge in [0.1, 0.15) is 0 Å². The average Bonchev–Trinajstić information content (AvgIpc) is 2.41. The summed E-state index contributed by atoms with van der Waals surface area (Å²) in [5.41, 5.74) is 2.42. The summed E-state index contributed by atoms with van der Waals surface area (Å²) in [5, 5.41) is 12.4. The van der Waals surface area contributed by atoms with Gasteiger partial charge in [0.25, 0.3) is 0 Å². The van der Waals surface area contributed by atoms with Crippen LogP contribution >= 0.6 is 0 Å². The number of para-hydroxylation sites is 2. The Morgan fingerprint density at radius 1 is 1.47 bits per heavy atom. The molecule has 1 aromatic carbocycles. The zero-order chi connectivity index (χ0) is 10.7. The standard InChI is InChI=1S/C12H18N2O/c1-14-10(7-9-15)6-8-13-11-4-2-3-5-12(11)14/h2-5,10,13,15H,6-9H2,1H3. The lowest BCUT2D eigenvalue weighted by Crippen LogP contribution is -2.32. The number of hydrogen-bond acceptors (Lipinski definition) is 3. The van der Waals surface area contributed by atoms with E-state index in [1.54, 1.807) is 0 Å². The lowest BCUT2D eigenvalue weighted by molar-refractivity contribution is 0.272. The van der Waals surface area contributed by atoms with Gasteiger partial charge in [0.05, 0.1) is 11.4 Å². The van der Waals surface area contributed by atoms with Gasteiger partial charge in [0.15, 0.2) is 0 Å². The van der Waals surface area contributed by atoms with Gasteiger partial charge in [-0.05, 0) is 25.0 Å². The third kappa shape index (κ3) is 2.07. The summed E-state index contributed by atoms with van der Waals surface area (Å²) in [7, 11) is 2.10. The number of fused-ring (bicyclic) bond motifs is 1. The van der Waals surface area contributed by atoms with Crippen molar-refractivity contribution < 1.29 is 5.11 Å². The van der Waals surface area contributed by atoms with E-state index in [2.05, 4.69) is 35.5 Å². The van der Waals surface area contributed by atoms with E-state index in [0.29, 0.717) is 6.04 Å². The fourth-order valence-electron chi connectivity index (χ4n) is 2.18. The van der Waals surface area contributed by atoms with Crippen LogP contribution in [-0.2, 0) is 0 Å². The van der Waals surface area contributed by atoms with Crippen molar-refractivity contribution in [3.8, 4) is 0 Å². The van der Waals surface area contributed by atoms with Gasteiger partial charge in [0, 0.05) is 26.2 Å². The summed E-state index contributed by atoms with van der Waals surface area (Å²) in [6, 6.07) is 8.77. The van der Waals surface area contributed by atoms with Crippen molar-refractivity contribution in [2.45, 2.75) is 18.9 Å². The second kappa shape index (κ2) is 4.53. The molecule has 0 bridgehead atoms. The number of rotatable bonds is 2. The van der Waals surface area contributed by atoms with Crippen molar-refractivity contribution in [1.29, 1.82) is 0 Å². The number of anilines is 2. The predicted molar refractivity (Wildman–Crippen MR) is 63.4 cm³/mol. The molecule has 0 radical (unpaired) electrons. The van der Waals surface area contributed by atoms with E-state index in [1.807, 2.05) is 6.07 Å². The van der Waals surface area contributed by atoms with Crippen LogP contribution < -0.4 is 10.2 Å².